The summed E-state index contributed by atoms with van der Waals surface area (Å²) in [4.78, 5) is 15.5. The van der Waals surface area contributed by atoms with Gasteiger partial charge in [0, 0.05) is 38.7 Å². The number of hydrogen-bond acceptors (Lipinski definition) is 1. The second-order valence-corrected chi connectivity index (χ2v) is 20.2. The number of amidine groups is 2. The number of hydrogen-bond donors (Lipinski definition) is 0. The van der Waals surface area contributed by atoms with Crippen LogP contribution in [-0.4, -0.2) is 34.1 Å². The lowest BCUT2D eigenvalue weighted by molar-refractivity contribution is 0.436. The molecule has 0 spiro atoms. The lowest BCUT2D eigenvalue weighted by Crippen LogP contribution is -2.41. The van der Waals surface area contributed by atoms with Gasteiger partial charge in [-0.05, 0) is 138 Å². The number of fused-ring (bicyclic) bond motifs is 9. The maximum atomic E-state index is 5.47. The van der Waals surface area contributed by atoms with E-state index in [1.807, 2.05) is 30.3 Å². The number of allylic oxidation sites excluding steroid dienone is 6. The summed E-state index contributed by atoms with van der Waals surface area (Å²) in [7, 11) is 0. The van der Waals surface area contributed by atoms with Gasteiger partial charge in [0.1, 0.15) is 0 Å². The van der Waals surface area contributed by atoms with E-state index in [4.69, 9.17) is 9.98 Å². The Labute approximate surface area is 450 Å². The van der Waals surface area contributed by atoms with Crippen LogP contribution in [0, 0.1) is 12.8 Å². The molecule has 0 amide bonds. The standard InChI is InChI=1S/C72H57N5/c1-50-65-48-58(71(74-49-51-23-9-3-10-24-51)75-70(73-2)54-29-15-6-16-30-54)38-37-57-45-61(41-44-66(57)76(50)69-36-22-21-35-64(69)72(65,59-31-17-7-18-32-59)60-33-19-8-20-34-60)77-67-42-39-55(52-25-11-4-12-26-52)46-62(67)63-47-56(40-43-68(63)77)53-27-13-5-14-28-53/h4-9,11-33,35-48,60H,2-3,10,34,49H2,1H3. The molecular formula is C72H57N5. The molecule has 3 heterocycles. The molecule has 5 heteroatoms. The van der Waals surface area contributed by atoms with Crippen molar-refractivity contribution in [3.8, 4) is 33.6 Å². The average molecular weight is 992 g/mol. The SMILES string of the molecule is C=NC(=NC(=NCC1=CCCC=C1)c1ccc2cc(-n3c4ccc(-c5ccccc5)cc4c4cc(-c5ccccc5)ccc43)ccc2n2c(C)c(c1)C(c1ccccc1)(C1C=CC=CC1)c1ccccc1-2)c1ccccc1. The molecule has 13 rings (SSSR count). The van der Waals surface area contributed by atoms with E-state index in [0.29, 0.717) is 18.2 Å². The maximum absolute atomic E-state index is 5.47. The van der Waals surface area contributed by atoms with E-state index in [-0.39, 0.29) is 5.92 Å². The minimum atomic E-state index is -0.605. The third kappa shape index (κ3) is 8.51. The second-order valence-electron chi connectivity index (χ2n) is 20.2. The van der Waals surface area contributed by atoms with Gasteiger partial charge in [-0.25, -0.2) is 9.98 Å². The molecule has 0 N–H and O–H groups in total. The first-order chi connectivity index (χ1) is 38.1. The van der Waals surface area contributed by atoms with Gasteiger partial charge in [-0.2, -0.15) is 0 Å². The summed E-state index contributed by atoms with van der Waals surface area (Å²) in [5.41, 5.74) is 17.4. The number of aliphatic imine (C=N–C) groups is 3. The largest absolute Gasteiger partial charge is 0.313 e. The topological polar surface area (TPSA) is 46.9 Å². The molecule has 0 fully saturated rings. The van der Waals surface area contributed by atoms with E-state index < -0.39 is 5.41 Å². The van der Waals surface area contributed by atoms with Gasteiger partial charge in [-0.3, -0.25) is 4.99 Å². The summed E-state index contributed by atoms with van der Waals surface area (Å²) in [5, 5.41) is 3.46. The number of para-hydroxylation sites is 1. The van der Waals surface area contributed by atoms with Crippen LogP contribution < -0.4 is 0 Å². The van der Waals surface area contributed by atoms with Crippen molar-refractivity contribution in [3.63, 3.8) is 0 Å². The van der Waals surface area contributed by atoms with Crippen LogP contribution in [0.15, 0.2) is 281 Å². The van der Waals surface area contributed by atoms with Crippen LogP contribution in [0.4, 0.5) is 0 Å². The van der Waals surface area contributed by atoms with Crippen LogP contribution >= 0.6 is 0 Å². The number of nitrogens with zero attached hydrogens (tertiary/aromatic N) is 5. The summed E-state index contributed by atoms with van der Waals surface area (Å²) in [5.74, 6) is 1.19. The monoisotopic (exact) mass is 991 g/mol. The Bertz CT molecular complexity index is 4070. The molecule has 8 aromatic carbocycles. The van der Waals surface area contributed by atoms with E-state index in [0.717, 1.165) is 69.4 Å². The van der Waals surface area contributed by atoms with E-state index in [2.05, 4.69) is 258 Å². The molecular weight excluding hydrogens is 935 g/mol. The molecule has 5 nitrogen and oxygen atoms in total. The average Bonchev–Trinajstić information content (AvgIpc) is 3.84. The molecule has 77 heavy (non-hydrogen) atoms. The number of aromatic nitrogens is 2. The van der Waals surface area contributed by atoms with Crippen LogP contribution in [0.3, 0.4) is 0 Å². The lowest BCUT2D eigenvalue weighted by Gasteiger charge is -2.46. The third-order valence-corrected chi connectivity index (χ3v) is 15.9. The van der Waals surface area contributed by atoms with Crippen LogP contribution in [0.25, 0.3) is 66.3 Å². The van der Waals surface area contributed by atoms with Gasteiger partial charge in [0.15, 0.2) is 11.7 Å². The Morgan fingerprint density at radius 1 is 0.545 bits per heavy atom. The van der Waals surface area contributed by atoms with E-state index in [1.54, 1.807) is 0 Å². The molecule has 0 saturated heterocycles. The molecule has 2 bridgehead atoms. The first kappa shape index (κ1) is 47.3. The fourth-order valence-electron chi connectivity index (χ4n) is 12.3. The van der Waals surface area contributed by atoms with E-state index in [1.165, 1.54) is 55.3 Å². The van der Waals surface area contributed by atoms with E-state index in [9.17, 15) is 0 Å². The summed E-state index contributed by atoms with van der Waals surface area (Å²) in [6.45, 7) is 6.84. The Hall–Kier alpha value is -9.45. The Morgan fingerprint density at radius 3 is 1.84 bits per heavy atom. The minimum absolute atomic E-state index is 0.0866. The maximum Gasteiger partial charge on any atom is 0.161 e. The molecule has 10 aromatic rings. The molecule has 3 aliphatic rings. The van der Waals surface area contributed by atoms with Gasteiger partial charge in [-0.1, -0.05) is 206 Å². The fourth-order valence-corrected chi connectivity index (χ4v) is 12.3. The van der Waals surface area contributed by atoms with Crippen molar-refractivity contribution in [3.05, 3.63) is 300 Å². The smallest absolute Gasteiger partial charge is 0.161 e. The highest BCUT2D eigenvalue weighted by Gasteiger charge is 2.47. The number of rotatable bonds is 9. The second kappa shape index (κ2) is 20.3. The fraction of sp³-hybridized carbons (Fsp3) is 0.0972. The van der Waals surface area contributed by atoms with Crippen LogP contribution in [0.5, 0.6) is 0 Å². The van der Waals surface area contributed by atoms with Crippen molar-refractivity contribution in [2.24, 2.45) is 20.9 Å². The summed E-state index contributed by atoms with van der Waals surface area (Å²) in [6.07, 6.45) is 18.8. The van der Waals surface area contributed by atoms with E-state index >= 15 is 0 Å². The first-order valence-corrected chi connectivity index (χ1v) is 26.8. The van der Waals surface area contributed by atoms with Crippen LogP contribution in [0.1, 0.15) is 52.8 Å². The Kier molecular flexibility index (Phi) is 12.5. The molecule has 0 radical (unpaired) electrons. The normalized spacial score (nSPS) is 16.8. The van der Waals surface area contributed by atoms with Crippen molar-refractivity contribution < 1.29 is 0 Å². The van der Waals surface area contributed by atoms with Crippen molar-refractivity contribution in [1.29, 1.82) is 0 Å². The quantitative estimate of drug-likeness (QED) is 0.102. The zero-order valence-corrected chi connectivity index (χ0v) is 43.2. The van der Waals surface area contributed by atoms with Crippen molar-refractivity contribution in [2.45, 2.75) is 31.6 Å². The van der Waals surface area contributed by atoms with Crippen molar-refractivity contribution >= 4 is 51.1 Å². The van der Waals surface area contributed by atoms with Crippen molar-refractivity contribution in [2.75, 3.05) is 6.54 Å². The van der Waals surface area contributed by atoms with Gasteiger partial charge in [0.05, 0.1) is 34.2 Å². The predicted molar refractivity (Wildman–Crippen MR) is 324 cm³/mol. The highest BCUT2D eigenvalue weighted by atomic mass is 15.0. The molecule has 370 valence electrons. The van der Waals surface area contributed by atoms with Gasteiger partial charge in [0.25, 0.3) is 0 Å². The molecule has 1 aliphatic heterocycles. The first-order valence-electron chi connectivity index (χ1n) is 26.8. The zero-order valence-electron chi connectivity index (χ0n) is 43.2. The van der Waals surface area contributed by atoms with Gasteiger partial charge < -0.3 is 9.13 Å². The van der Waals surface area contributed by atoms with Crippen molar-refractivity contribution in [1.82, 2.24) is 9.13 Å². The Morgan fingerprint density at radius 2 is 1.19 bits per heavy atom. The van der Waals surface area contributed by atoms with Crippen LogP contribution in [0.2, 0.25) is 0 Å². The van der Waals surface area contributed by atoms with Gasteiger partial charge >= 0.3 is 0 Å². The number of benzene rings is 8. The predicted octanol–water partition coefficient (Wildman–Crippen LogP) is 17.4. The lowest BCUT2D eigenvalue weighted by atomic mass is 9.58. The third-order valence-electron chi connectivity index (χ3n) is 15.9. The molecule has 2 aliphatic carbocycles. The molecule has 2 aromatic heterocycles. The summed E-state index contributed by atoms with van der Waals surface area (Å²) >= 11 is 0. The minimum Gasteiger partial charge on any atom is -0.313 e. The Balaban J connectivity index is 1.13. The highest BCUT2D eigenvalue weighted by molar-refractivity contribution is 6.14. The molecule has 2 atom stereocenters. The molecule has 2 unspecified atom stereocenters. The van der Waals surface area contributed by atoms with Crippen LogP contribution in [-0.2, 0) is 5.41 Å². The molecule has 0 saturated carbocycles. The zero-order chi connectivity index (χ0) is 51.7. The highest BCUT2D eigenvalue weighted by Crippen LogP contribution is 2.54. The summed E-state index contributed by atoms with van der Waals surface area (Å²) < 4.78 is 4.94. The summed E-state index contributed by atoms with van der Waals surface area (Å²) in [6, 6.07) is 79.5. The van der Waals surface area contributed by atoms with Gasteiger partial charge in [-0.15, -0.1) is 0 Å². The van der Waals surface area contributed by atoms with Gasteiger partial charge in [0.2, 0.25) is 0 Å².